The minimum atomic E-state index is 0.396. The van der Waals surface area contributed by atoms with Crippen LogP contribution in [0.2, 0.25) is 0 Å². The van der Waals surface area contributed by atoms with E-state index in [2.05, 4.69) is 13.0 Å². The minimum absolute atomic E-state index is 0.396. The molecule has 0 amide bonds. The fraction of sp³-hybridized carbons (Fsp3) is 0.571. The summed E-state index contributed by atoms with van der Waals surface area (Å²) in [6, 6.07) is 6.14. The van der Waals surface area contributed by atoms with Gasteiger partial charge in [0.2, 0.25) is 0 Å². The summed E-state index contributed by atoms with van der Waals surface area (Å²) in [6.45, 7) is 4.25. The van der Waals surface area contributed by atoms with Crippen LogP contribution in [0.15, 0.2) is 18.2 Å². The number of rotatable bonds is 5. The van der Waals surface area contributed by atoms with Crippen molar-refractivity contribution < 1.29 is 9.47 Å². The molecule has 17 heavy (non-hydrogen) atoms. The van der Waals surface area contributed by atoms with Gasteiger partial charge in [0, 0.05) is 19.6 Å². The summed E-state index contributed by atoms with van der Waals surface area (Å²) in [7, 11) is 0. The van der Waals surface area contributed by atoms with Gasteiger partial charge >= 0.3 is 0 Å². The molecule has 0 spiro atoms. The molecule has 3 heteroatoms. The van der Waals surface area contributed by atoms with Crippen molar-refractivity contribution in [1.29, 1.82) is 0 Å². The Morgan fingerprint density at radius 1 is 1.47 bits per heavy atom. The molecule has 3 nitrogen and oxygen atoms in total. The Morgan fingerprint density at radius 2 is 2.35 bits per heavy atom. The standard InChI is InChI=1S/C14H21NO2/c1-11-4-5-12(10-15)9-14(11)17-8-6-13-3-2-7-16-13/h4-5,9,13H,2-3,6-8,10,15H2,1H3. The highest BCUT2D eigenvalue weighted by molar-refractivity contribution is 5.36. The van der Waals surface area contributed by atoms with E-state index in [9.17, 15) is 0 Å². The van der Waals surface area contributed by atoms with Crippen LogP contribution in [0.4, 0.5) is 0 Å². The van der Waals surface area contributed by atoms with Gasteiger partial charge in [0.25, 0.3) is 0 Å². The SMILES string of the molecule is Cc1ccc(CN)cc1OCCC1CCCO1. The van der Waals surface area contributed by atoms with E-state index in [-0.39, 0.29) is 0 Å². The number of benzene rings is 1. The second kappa shape index (κ2) is 6.03. The van der Waals surface area contributed by atoms with Crippen molar-refractivity contribution in [2.24, 2.45) is 5.73 Å². The van der Waals surface area contributed by atoms with E-state index in [0.717, 1.165) is 36.5 Å². The van der Waals surface area contributed by atoms with Crippen LogP contribution in [0, 0.1) is 6.92 Å². The smallest absolute Gasteiger partial charge is 0.122 e. The number of aryl methyl sites for hydroxylation is 1. The summed E-state index contributed by atoms with van der Waals surface area (Å²) in [5.74, 6) is 0.950. The Kier molecular flexibility index (Phi) is 4.40. The van der Waals surface area contributed by atoms with Gasteiger partial charge in [-0.3, -0.25) is 0 Å². The Bertz CT molecular complexity index is 359. The molecular formula is C14H21NO2. The van der Waals surface area contributed by atoms with Crippen LogP contribution in [0.5, 0.6) is 5.75 Å². The molecule has 1 aromatic carbocycles. The van der Waals surface area contributed by atoms with Crippen LogP contribution in [0.1, 0.15) is 30.4 Å². The van der Waals surface area contributed by atoms with E-state index < -0.39 is 0 Å². The second-order valence-corrected chi connectivity index (χ2v) is 4.58. The fourth-order valence-corrected chi connectivity index (χ4v) is 2.10. The zero-order chi connectivity index (χ0) is 12.1. The number of ether oxygens (including phenoxy) is 2. The van der Waals surface area contributed by atoms with Crippen molar-refractivity contribution in [2.75, 3.05) is 13.2 Å². The molecule has 1 unspecified atom stereocenters. The molecule has 0 radical (unpaired) electrons. The molecule has 1 aliphatic rings. The first-order valence-corrected chi connectivity index (χ1v) is 6.33. The van der Waals surface area contributed by atoms with Crippen molar-refractivity contribution in [3.63, 3.8) is 0 Å². The Labute approximate surface area is 103 Å². The van der Waals surface area contributed by atoms with Crippen LogP contribution in [0.3, 0.4) is 0 Å². The maximum absolute atomic E-state index is 5.81. The number of nitrogens with two attached hydrogens (primary N) is 1. The molecule has 0 bridgehead atoms. The van der Waals surface area contributed by atoms with Gasteiger partial charge in [0.1, 0.15) is 5.75 Å². The summed E-state index contributed by atoms with van der Waals surface area (Å²) in [5.41, 5.74) is 7.90. The Balaban J connectivity index is 1.84. The molecule has 0 aromatic heterocycles. The summed E-state index contributed by atoms with van der Waals surface area (Å²) < 4.78 is 11.4. The van der Waals surface area contributed by atoms with Crippen molar-refractivity contribution in [3.05, 3.63) is 29.3 Å². The van der Waals surface area contributed by atoms with Gasteiger partial charge in [-0.1, -0.05) is 12.1 Å². The van der Waals surface area contributed by atoms with Crippen LogP contribution >= 0.6 is 0 Å². The highest BCUT2D eigenvalue weighted by atomic mass is 16.5. The molecule has 1 saturated heterocycles. The maximum atomic E-state index is 5.81. The first-order valence-electron chi connectivity index (χ1n) is 6.33. The van der Waals surface area contributed by atoms with Crippen LogP contribution < -0.4 is 10.5 Å². The first-order chi connectivity index (χ1) is 8.29. The zero-order valence-corrected chi connectivity index (χ0v) is 10.4. The van der Waals surface area contributed by atoms with Crippen molar-refractivity contribution in [2.45, 2.75) is 38.8 Å². The van der Waals surface area contributed by atoms with Crippen LogP contribution in [-0.2, 0) is 11.3 Å². The average Bonchev–Trinajstić information content (AvgIpc) is 2.84. The normalized spacial score (nSPS) is 19.5. The lowest BCUT2D eigenvalue weighted by Gasteiger charge is -2.13. The lowest BCUT2D eigenvalue weighted by atomic mass is 10.1. The molecule has 1 aliphatic heterocycles. The highest BCUT2D eigenvalue weighted by Crippen LogP contribution is 2.21. The van der Waals surface area contributed by atoms with Gasteiger partial charge < -0.3 is 15.2 Å². The van der Waals surface area contributed by atoms with Gasteiger partial charge in [0.15, 0.2) is 0 Å². The minimum Gasteiger partial charge on any atom is -0.493 e. The monoisotopic (exact) mass is 235 g/mol. The van der Waals surface area contributed by atoms with Gasteiger partial charge in [-0.25, -0.2) is 0 Å². The van der Waals surface area contributed by atoms with Crippen molar-refractivity contribution in [1.82, 2.24) is 0 Å². The third kappa shape index (κ3) is 3.45. The number of hydrogen-bond acceptors (Lipinski definition) is 3. The van der Waals surface area contributed by atoms with E-state index in [1.807, 2.05) is 12.1 Å². The molecule has 1 aromatic rings. The van der Waals surface area contributed by atoms with Crippen LogP contribution in [-0.4, -0.2) is 19.3 Å². The predicted octanol–water partition coefficient (Wildman–Crippen LogP) is 2.40. The van der Waals surface area contributed by atoms with Crippen molar-refractivity contribution >= 4 is 0 Å². The Morgan fingerprint density at radius 3 is 3.06 bits per heavy atom. The predicted molar refractivity (Wildman–Crippen MR) is 68.2 cm³/mol. The molecule has 1 fully saturated rings. The largest absolute Gasteiger partial charge is 0.493 e. The summed E-state index contributed by atoms with van der Waals surface area (Å²) >= 11 is 0. The van der Waals surface area contributed by atoms with Gasteiger partial charge in [-0.15, -0.1) is 0 Å². The molecule has 0 aliphatic carbocycles. The van der Waals surface area contributed by atoms with Crippen molar-refractivity contribution in [3.8, 4) is 5.75 Å². The maximum Gasteiger partial charge on any atom is 0.122 e. The second-order valence-electron chi connectivity index (χ2n) is 4.58. The lowest BCUT2D eigenvalue weighted by molar-refractivity contribution is 0.0902. The van der Waals surface area contributed by atoms with Gasteiger partial charge in [-0.05, 0) is 37.0 Å². The molecule has 94 valence electrons. The number of hydrogen-bond donors (Lipinski definition) is 1. The Hall–Kier alpha value is -1.06. The molecule has 1 heterocycles. The third-order valence-electron chi connectivity index (χ3n) is 3.21. The van der Waals surface area contributed by atoms with Crippen LogP contribution in [0.25, 0.3) is 0 Å². The molecular weight excluding hydrogens is 214 g/mol. The van der Waals surface area contributed by atoms with Gasteiger partial charge in [-0.2, -0.15) is 0 Å². The van der Waals surface area contributed by atoms with E-state index in [1.165, 1.54) is 12.8 Å². The zero-order valence-electron chi connectivity index (χ0n) is 10.4. The summed E-state index contributed by atoms with van der Waals surface area (Å²) in [4.78, 5) is 0. The van der Waals surface area contributed by atoms with E-state index in [0.29, 0.717) is 12.6 Å². The topological polar surface area (TPSA) is 44.5 Å². The summed E-state index contributed by atoms with van der Waals surface area (Å²) in [5, 5.41) is 0. The summed E-state index contributed by atoms with van der Waals surface area (Å²) in [6.07, 6.45) is 3.73. The molecule has 2 rings (SSSR count). The fourth-order valence-electron chi connectivity index (χ4n) is 2.10. The van der Waals surface area contributed by atoms with Gasteiger partial charge in [0.05, 0.1) is 12.7 Å². The average molecular weight is 235 g/mol. The molecule has 1 atom stereocenters. The van der Waals surface area contributed by atoms with E-state index in [1.54, 1.807) is 0 Å². The third-order valence-corrected chi connectivity index (χ3v) is 3.21. The van der Waals surface area contributed by atoms with E-state index >= 15 is 0 Å². The highest BCUT2D eigenvalue weighted by Gasteiger charge is 2.15. The quantitative estimate of drug-likeness (QED) is 0.852. The molecule has 2 N–H and O–H groups in total. The molecule has 0 saturated carbocycles. The van der Waals surface area contributed by atoms with E-state index in [4.69, 9.17) is 15.2 Å². The lowest BCUT2D eigenvalue weighted by Crippen LogP contribution is -2.11. The first kappa shape index (κ1) is 12.4.